The first-order valence-corrected chi connectivity index (χ1v) is 11.9. The zero-order chi connectivity index (χ0) is 22.9. The van der Waals surface area contributed by atoms with Crippen LogP contribution >= 0.6 is 0 Å². The molecule has 2 aliphatic rings. The van der Waals surface area contributed by atoms with Gasteiger partial charge in [-0.2, -0.15) is 0 Å². The van der Waals surface area contributed by atoms with Crippen LogP contribution in [-0.4, -0.2) is 84.1 Å². The highest BCUT2D eigenvalue weighted by Gasteiger charge is 2.19. The fraction of sp³-hybridized carbons (Fsp3) is 0.500. The van der Waals surface area contributed by atoms with Gasteiger partial charge < -0.3 is 20.4 Å². The molecule has 9 nitrogen and oxygen atoms in total. The van der Waals surface area contributed by atoms with Gasteiger partial charge in [-0.1, -0.05) is 12.8 Å². The minimum atomic E-state index is -0.238. The maximum Gasteiger partial charge on any atom is 0.319 e. The lowest BCUT2D eigenvalue weighted by Gasteiger charge is -2.34. The van der Waals surface area contributed by atoms with Gasteiger partial charge in [0.25, 0.3) is 5.91 Å². The molecule has 1 aromatic carbocycles. The summed E-state index contributed by atoms with van der Waals surface area (Å²) >= 11 is 0. The Balaban J connectivity index is 1.15. The van der Waals surface area contributed by atoms with Crippen molar-refractivity contribution in [1.29, 1.82) is 0 Å². The average molecular weight is 452 g/mol. The molecule has 2 saturated heterocycles. The number of rotatable bonds is 6. The predicted molar refractivity (Wildman–Crippen MR) is 129 cm³/mol. The lowest BCUT2D eigenvalue weighted by Crippen LogP contribution is -2.49. The molecule has 0 aliphatic carbocycles. The minimum absolute atomic E-state index is 0.0758. The van der Waals surface area contributed by atoms with Crippen LogP contribution < -0.4 is 15.5 Å². The molecule has 0 radical (unpaired) electrons. The molecule has 0 saturated carbocycles. The van der Waals surface area contributed by atoms with Crippen molar-refractivity contribution in [3.8, 4) is 0 Å². The molecule has 3 amide bonds. The van der Waals surface area contributed by atoms with Crippen LogP contribution in [0, 0.1) is 0 Å². The van der Waals surface area contributed by atoms with Gasteiger partial charge in [-0.15, -0.1) is 0 Å². The Morgan fingerprint density at radius 1 is 0.848 bits per heavy atom. The number of benzene rings is 1. The van der Waals surface area contributed by atoms with Crippen LogP contribution in [0.4, 0.5) is 16.4 Å². The van der Waals surface area contributed by atoms with E-state index < -0.39 is 0 Å². The van der Waals surface area contributed by atoms with Gasteiger partial charge in [0.1, 0.15) is 0 Å². The Kier molecular flexibility index (Phi) is 8.08. The molecule has 33 heavy (non-hydrogen) atoms. The third-order valence-corrected chi connectivity index (χ3v) is 6.20. The van der Waals surface area contributed by atoms with Gasteiger partial charge in [0.05, 0.1) is 0 Å². The summed E-state index contributed by atoms with van der Waals surface area (Å²) in [7, 11) is 0. The van der Waals surface area contributed by atoms with Gasteiger partial charge in [0.15, 0.2) is 0 Å². The predicted octanol–water partition coefficient (Wildman–Crippen LogP) is 2.44. The zero-order valence-electron chi connectivity index (χ0n) is 19.1. The Bertz CT molecular complexity index is 891. The van der Waals surface area contributed by atoms with E-state index in [4.69, 9.17) is 0 Å². The Hall–Kier alpha value is -3.20. The minimum Gasteiger partial charge on any atom is -0.339 e. The van der Waals surface area contributed by atoms with Crippen LogP contribution in [0.3, 0.4) is 0 Å². The molecule has 0 bridgehead atoms. The van der Waals surface area contributed by atoms with Crippen molar-refractivity contribution in [2.45, 2.75) is 25.7 Å². The molecule has 2 aliphatic heterocycles. The second kappa shape index (κ2) is 11.6. The van der Waals surface area contributed by atoms with Crippen molar-refractivity contribution in [2.24, 2.45) is 0 Å². The highest BCUT2D eigenvalue weighted by atomic mass is 16.2. The van der Waals surface area contributed by atoms with Crippen molar-refractivity contribution in [1.82, 2.24) is 25.1 Å². The fourth-order valence-corrected chi connectivity index (χ4v) is 4.28. The standard InChI is InChI=1S/C24H33N7O2/c32-22(30-13-3-1-2-4-14-30)20-6-8-21(9-7-20)28-24(33)27-12-15-29-16-18-31(19-17-29)23-25-10-5-11-26-23/h5-11H,1-4,12-19H2,(H2,27,28,33). The van der Waals surface area contributed by atoms with Gasteiger partial charge >= 0.3 is 6.03 Å². The maximum absolute atomic E-state index is 12.7. The quantitative estimate of drug-likeness (QED) is 0.701. The third kappa shape index (κ3) is 6.64. The Labute approximate surface area is 195 Å². The second-order valence-electron chi connectivity index (χ2n) is 8.54. The van der Waals surface area contributed by atoms with Crippen LogP contribution in [0.25, 0.3) is 0 Å². The summed E-state index contributed by atoms with van der Waals surface area (Å²) in [5, 5.41) is 5.76. The van der Waals surface area contributed by atoms with Crippen LogP contribution in [0.1, 0.15) is 36.0 Å². The number of carbonyl (C=O) groups is 2. The van der Waals surface area contributed by atoms with E-state index in [1.54, 1.807) is 36.7 Å². The Morgan fingerprint density at radius 2 is 1.52 bits per heavy atom. The van der Waals surface area contributed by atoms with Crippen molar-refractivity contribution >= 4 is 23.6 Å². The van der Waals surface area contributed by atoms with E-state index in [1.807, 2.05) is 11.0 Å². The largest absolute Gasteiger partial charge is 0.339 e. The molecule has 3 heterocycles. The van der Waals surface area contributed by atoms with Gasteiger partial charge in [-0.3, -0.25) is 9.69 Å². The van der Waals surface area contributed by atoms with Crippen molar-refractivity contribution in [2.75, 3.05) is 62.6 Å². The highest BCUT2D eigenvalue weighted by molar-refractivity contribution is 5.95. The number of anilines is 2. The number of likely N-dealkylation sites (tertiary alicyclic amines) is 1. The van der Waals surface area contributed by atoms with E-state index in [0.717, 1.165) is 64.6 Å². The molecular weight excluding hydrogens is 418 g/mol. The number of hydrogen-bond donors (Lipinski definition) is 2. The summed E-state index contributed by atoms with van der Waals surface area (Å²) in [5.74, 6) is 0.848. The average Bonchev–Trinajstić information content (AvgIpc) is 3.15. The summed E-state index contributed by atoms with van der Waals surface area (Å²) < 4.78 is 0. The molecule has 176 valence electrons. The van der Waals surface area contributed by atoms with Crippen LogP contribution in [0.2, 0.25) is 0 Å². The maximum atomic E-state index is 12.7. The van der Waals surface area contributed by atoms with E-state index in [1.165, 1.54) is 12.8 Å². The fourth-order valence-electron chi connectivity index (χ4n) is 4.28. The van der Waals surface area contributed by atoms with Gasteiger partial charge in [-0.25, -0.2) is 14.8 Å². The summed E-state index contributed by atoms with van der Waals surface area (Å²) in [5.41, 5.74) is 1.35. The van der Waals surface area contributed by atoms with Crippen molar-refractivity contribution < 1.29 is 9.59 Å². The van der Waals surface area contributed by atoms with Crippen LogP contribution in [0.15, 0.2) is 42.7 Å². The molecule has 1 aromatic heterocycles. The summed E-state index contributed by atoms with van der Waals surface area (Å²) in [6.45, 7) is 6.59. The lowest BCUT2D eigenvalue weighted by atomic mass is 10.1. The van der Waals surface area contributed by atoms with E-state index >= 15 is 0 Å². The molecule has 9 heteroatoms. The molecule has 2 aromatic rings. The molecule has 0 spiro atoms. The van der Waals surface area contributed by atoms with E-state index in [2.05, 4.69) is 30.4 Å². The molecule has 0 unspecified atom stereocenters. The lowest BCUT2D eigenvalue weighted by molar-refractivity contribution is 0.0761. The first-order valence-electron chi connectivity index (χ1n) is 11.9. The van der Waals surface area contributed by atoms with Crippen molar-refractivity contribution in [3.05, 3.63) is 48.3 Å². The SMILES string of the molecule is O=C(NCCN1CCN(c2ncccn2)CC1)Nc1ccc(C(=O)N2CCCCCC2)cc1. The topological polar surface area (TPSA) is 93.7 Å². The first-order chi connectivity index (χ1) is 16.2. The summed E-state index contributed by atoms with van der Waals surface area (Å²) in [4.78, 5) is 40.0. The number of nitrogens with one attached hydrogen (secondary N) is 2. The van der Waals surface area contributed by atoms with Crippen LogP contribution in [0.5, 0.6) is 0 Å². The molecular formula is C24H33N7O2. The summed E-state index contributed by atoms with van der Waals surface area (Å²) in [6.07, 6.45) is 8.06. The zero-order valence-corrected chi connectivity index (χ0v) is 19.1. The van der Waals surface area contributed by atoms with E-state index in [-0.39, 0.29) is 11.9 Å². The molecule has 4 rings (SSSR count). The van der Waals surface area contributed by atoms with Gasteiger partial charge in [0, 0.05) is 76.0 Å². The number of piperazine rings is 1. The second-order valence-corrected chi connectivity index (χ2v) is 8.54. The number of nitrogens with zero attached hydrogens (tertiary/aromatic N) is 5. The molecule has 2 fully saturated rings. The summed E-state index contributed by atoms with van der Waals surface area (Å²) in [6, 6.07) is 8.74. The Morgan fingerprint density at radius 3 is 2.18 bits per heavy atom. The van der Waals surface area contributed by atoms with Crippen LogP contribution in [-0.2, 0) is 0 Å². The highest BCUT2D eigenvalue weighted by Crippen LogP contribution is 2.15. The van der Waals surface area contributed by atoms with Gasteiger partial charge in [-0.05, 0) is 43.2 Å². The number of hydrogen-bond acceptors (Lipinski definition) is 6. The molecule has 2 N–H and O–H groups in total. The molecule has 0 atom stereocenters. The van der Waals surface area contributed by atoms with E-state index in [9.17, 15) is 9.59 Å². The van der Waals surface area contributed by atoms with Gasteiger partial charge in [0.2, 0.25) is 5.95 Å². The number of carbonyl (C=O) groups excluding carboxylic acids is 2. The van der Waals surface area contributed by atoms with Crippen molar-refractivity contribution in [3.63, 3.8) is 0 Å². The third-order valence-electron chi connectivity index (χ3n) is 6.20. The monoisotopic (exact) mass is 451 g/mol. The van der Waals surface area contributed by atoms with E-state index in [0.29, 0.717) is 17.8 Å². The number of aromatic nitrogens is 2. The normalized spacial score (nSPS) is 17.3. The first kappa shape index (κ1) is 23.0. The smallest absolute Gasteiger partial charge is 0.319 e. The number of amides is 3. The number of urea groups is 1.